The standard InChI is InChI=1S/C10H19N.ClH/c11-10(9-6-7-9)8-4-2-1-3-5-8;/h8-10H,1-7,11H2;1H. The van der Waals surface area contributed by atoms with E-state index in [1.807, 2.05) is 0 Å². The maximum absolute atomic E-state index is 6.15. The van der Waals surface area contributed by atoms with Gasteiger partial charge in [0.05, 0.1) is 0 Å². The molecule has 0 radical (unpaired) electrons. The zero-order valence-corrected chi connectivity index (χ0v) is 8.48. The van der Waals surface area contributed by atoms with Gasteiger partial charge in [-0.25, -0.2) is 0 Å². The fraction of sp³-hybridized carbons (Fsp3) is 1.00. The quantitative estimate of drug-likeness (QED) is 0.711. The second kappa shape index (κ2) is 4.48. The van der Waals surface area contributed by atoms with Crippen LogP contribution in [0.3, 0.4) is 0 Å². The maximum Gasteiger partial charge on any atom is 0.00956 e. The average Bonchev–Trinajstić information content (AvgIpc) is 2.87. The number of rotatable bonds is 2. The molecule has 0 amide bonds. The molecule has 2 aliphatic carbocycles. The Morgan fingerprint density at radius 3 is 1.83 bits per heavy atom. The van der Waals surface area contributed by atoms with E-state index in [-0.39, 0.29) is 12.4 Å². The van der Waals surface area contributed by atoms with Crippen molar-refractivity contribution in [1.82, 2.24) is 0 Å². The van der Waals surface area contributed by atoms with Gasteiger partial charge in [-0.1, -0.05) is 19.3 Å². The topological polar surface area (TPSA) is 26.0 Å². The first-order valence-corrected chi connectivity index (χ1v) is 5.13. The summed E-state index contributed by atoms with van der Waals surface area (Å²) in [4.78, 5) is 0. The molecular formula is C10H20ClN. The summed E-state index contributed by atoms with van der Waals surface area (Å²) in [7, 11) is 0. The van der Waals surface area contributed by atoms with Gasteiger partial charge in [-0.2, -0.15) is 0 Å². The molecule has 1 atom stereocenters. The van der Waals surface area contributed by atoms with Crippen molar-refractivity contribution in [2.45, 2.75) is 51.0 Å². The number of halogens is 1. The molecule has 2 heteroatoms. The van der Waals surface area contributed by atoms with E-state index in [1.54, 1.807) is 0 Å². The molecule has 2 fully saturated rings. The molecular weight excluding hydrogens is 170 g/mol. The Hall–Kier alpha value is 0.250. The zero-order valence-electron chi connectivity index (χ0n) is 7.67. The summed E-state index contributed by atoms with van der Waals surface area (Å²) in [6.07, 6.45) is 9.98. The Balaban J connectivity index is 0.000000720. The summed E-state index contributed by atoms with van der Waals surface area (Å²) < 4.78 is 0. The second-order valence-electron chi connectivity index (χ2n) is 4.31. The van der Waals surface area contributed by atoms with Crippen molar-refractivity contribution in [1.29, 1.82) is 0 Å². The van der Waals surface area contributed by atoms with Gasteiger partial charge in [-0.3, -0.25) is 0 Å². The Morgan fingerprint density at radius 1 is 0.833 bits per heavy atom. The molecule has 72 valence electrons. The van der Waals surface area contributed by atoms with Crippen LogP contribution in [0.15, 0.2) is 0 Å². The summed E-state index contributed by atoms with van der Waals surface area (Å²) in [5, 5.41) is 0. The normalized spacial score (nSPS) is 27.8. The van der Waals surface area contributed by atoms with Gasteiger partial charge >= 0.3 is 0 Å². The Morgan fingerprint density at radius 2 is 1.33 bits per heavy atom. The lowest BCUT2D eigenvalue weighted by molar-refractivity contribution is 0.286. The molecule has 0 heterocycles. The highest BCUT2D eigenvalue weighted by Gasteiger charge is 2.33. The van der Waals surface area contributed by atoms with E-state index in [9.17, 15) is 0 Å². The highest BCUT2D eigenvalue weighted by Crippen LogP contribution is 2.38. The van der Waals surface area contributed by atoms with Crippen LogP contribution in [0.1, 0.15) is 44.9 Å². The molecule has 2 aliphatic rings. The van der Waals surface area contributed by atoms with Gasteiger partial charge in [0, 0.05) is 6.04 Å². The summed E-state index contributed by atoms with van der Waals surface area (Å²) in [6, 6.07) is 0.565. The third-order valence-corrected chi connectivity index (χ3v) is 3.36. The number of hydrogen-bond donors (Lipinski definition) is 1. The Bertz CT molecular complexity index is 128. The van der Waals surface area contributed by atoms with Gasteiger partial charge in [0.25, 0.3) is 0 Å². The van der Waals surface area contributed by atoms with Crippen LogP contribution < -0.4 is 5.73 Å². The predicted molar refractivity (Wildman–Crippen MR) is 54.5 cm³/mol. The van der Waals surface area contributed by atoms with Crippen LogP contribution in [0.5, 0.6) is 0 Å². The SMILES string of the molecule is Cl.NC(C1CCCCC1)C1CC1. The van der Waals surface area contributed by atoms with E-state index in [1.165, 1.54) is 44.9 Å². The lowest BCUT2D eigenvalue weighted by Gasteiger charge is -2.27. The Kier molecular flexibility index (Phi) is 3.85. The van der Waals surface area contributed by atoms with Crippen LogP contribution in [0.4, 0.5) is 0 Å². The molecule has 0 aromatic heterocycles. The average molecular weight is 190 g/mol. The minimum Gasteiger partial charge on any atom is -0.327 e. The molecule has 2 rings (SSSR count). The van der Waals surface area contributed by atoms with Gasteiger partial charge in [0.1, 0.15) is 0 Å². The molecule has 1 nitrogen and oxygen atoms in total. The van der Waals surface area contributed by atoms with Crippen LogP contribution in [-0.2, 0) is 0 Å². The lowest BCUT2D eigenvalue weighted by Crippen LogP contribution is -2.33. The number of hydrogen-bond acceptors (Lipinski definition) is 1. The van der Waals surface area contributed by atoms with Crippen molar-refractivity contribution in [2.75, 3.05) is 0 Å². The molecule has 1 unspecified atom stereocenters. The largest absolute Gasteiger partial charge is 0.327 e. The molecule has 0 saturated heterocycles. The van der Waals surface area contributed by atoms with E-state index >= 15 is 0 Å². The van der Waals surface area contributed by atoms with Crippen molar-refractivity contribution in [3.8, 4) is 0 Å². The van der Waals surface area contributed by atoms with E-state index < -0.39 is 0 Å². The first kappa shape index (κ1) is 10.3. The van der Waals surface area contributed by atoms with Crippen molar-refractivity contribution in [3.05, 3.63) is 0 Å². The van der Waals surface area contributed by atoms with Gasteiger partial charge in [-0.15, -0.1) is 12.4 Å². The first-order chi connectivity index (χ1) is 5.38. The van der Waals surface area contributed by atoms with Gasteiger partial charge in [0.15, 0.2) is 0 Å². The van der Waals surface area contributed by atoms with Crippen LogP contribution in [0.2, 0.25) is 0 Å². The van der Waals surface area contributed by atoms with Crippen molar-refractivity contribution in [2.24, 2.45) is 17.6 Å². The first-order valence-electron chi connectivity index (χ1n) is 5.13. The maximum atomic E-state index is 6.15. The third-order valence-electron chi connectivity index (χ3n) is 3.36. The monoisotopic (exact) mass is 189 g/mol. The summed E-state index contributed by atoms with van der Waals surface area (Å²) in [5.74, 6) is 1.80. The molecule has 0 bridgehead atoms. The minimum absolute atomic E-state index is 0. The van der Waals surface area contributed by atoms with Gasteiger partial charge in [0.2, 0.25) is 0 Å². The lowest BCUT2D eigenvalue weighted by atomic mass is 9.82. The highest BCUT2D eigenvalue weighted by atomic mass is 35.5. The second-order valence-corrected chi connectivity index (χ2v) is 4.31. The van der Waals surface area contributed by atoms with Gasteiger partial charge < -0.3 is 5.73 Å². The smallest absolute Gasteiger partial charge is 0.00956 e. The summed E-state index contributed by atoms with van der Waals surface area (Å²) in [6.45, 7) is 0. The van der Waals surface area contributed by atoms with Crippen LogP contribution in [-0.4, -0.2) is 6.04 Å². The van der Waals surface area contributed by atoms with E-state index in [4.69, 9.17) is 5.73 Å². The van der Waals surface area contributed by atoms with Gasteiger partial charge in [-0.05, 0) is 37.5 Å². The Labute approximate surface area is 81.5 Å². The van der Waals surface area contributed by atoms with E-state index in [2.05, 4.69) is 0 Å². The molecule has 12 heavy (non-hydrogen) atoms. The highest BCUT2D eigenvalue weighted by molar-refractivity contribution is 5.85. The predicted octanol–water partition coefficient (Wildman–Crippen LogP) is 2.73. The zero-order chi connectivity index (χ0) is 7.68. The third kappa shape index (κ3) is 2.37. The molecule has 2 N–H and O–H groups in total. The summed E-state index contributed by atoms with van der Waals surface area (Å²) in [5.41, 5.74) is 6.15. The molecule has 0 aliphatic heterocycles. The fourth-order valence-corrected chi connectivity index (χ4v) is 2.39. The molecule has 0 spiro atoms. The molecule has 2 saturated carbocycles. The van der Waals surface area contributed by atoms with Crippen molar-refractivity contribution in [3.63, 3.8) is 0 Å². The molecule has 0 aromatic carbocycles. The molecule has 0 aromatic rings. The number of nitrogens with two attached hydrogens (primary N) is 1. The van der Waals surface area contributed by atoms with Crippen molar-refractivity contribution >= 4 is 12.4 Å². The fourth-order valence-electron chi connectivity index (χ4n) is 2.39. The minimum atomic E-state index is 0. The van der Waals surface area contributed by atoms with Crippen molar-refractivity contribution < 1.29 is 0 Å². The van der Waals surface area contributed by atoms with Crippen LogP contribution in [0, 0.1) is 11.8 Å². The van der Waals surface area contributed by atoms with E-state index in [0.717, 1.165) is 11.8 Å². The summed E-state index contributed by atoms with van der Waals surface area (Å²) >= 11 is 0. The van der Waals surface area contributed by atoms with E-state index in [0.29, 0.717) is 6.04 Å². The van der Waals surface area contributed by atoms with Crippen LogP contribution >= 0.6 is 12.4 Å². The van der Waals surface area contributed by atoms with Crippen LogP contribution in [0.25, 0.3) is 0 Å².